The van der Waals surface area contributed by atoms with E-state index in [2.05, 4.69) is 45.1 Å². The van der Waals surface area contributed by atoms with E-state index in [0.717, 1.165) is 51.0 Å². The van der Waals surface area contributed by atoms with Crippen LogP contribution in [0.1, 0.15) is 39.7 Å². The fourth-order valence-corrected chi connectivity index (χ4v) is 1.76. The van der Waals surface area contributed by atoms with Crippen LogP contribution in [-0.2, 0) is 11.3 Å². The number of rotatable bonds is 11. The van der Waals surface area contributed by atoms with Crippen molar-refractivity contribution in [2.24, 2.45) is 11.8 Å². The first-order chi connectivity index (χ1) is 10.1. The summed E-state index contributed by atoms with van der Waals surface area (Å²) in [5, 5.41) is 3.39. The lowest BCUT2D eigenvalue weighted by Crippen LogP contribution is -2.19. The van der Waals surface area contributed by atoms with E-state index in [4.69, 9.17) is 9.47 Å². The molecule has 120 valence electrons. The van der Waals surface area contributed by atoms with Gasteiger partial charge in [0.25, 0.3) is 0 Å². The van der Waals surface area contributed by atoms with Crippen LogP contribution >= 0.6 is 0 Å². The van der Waals surface area contributed by atoms with Crippen LogP contribution in [0.3, 0.4) is 0 Å². The number of nitrogens with one attached hydrogen (secondary N) is 1. The third-order valence-electron chi connectivity index (χ3n) is 3.10. The molecule has 1 aromatic carbocycles. The Kier molecular flexibility index (Phi) is 9.11. The van der Waals surface area contributed by atoms with Crippen molar-refractivity contribution < 1.29 is 9.47 Å². The molecule has 0 bridgehead atoms. The molecule has 0 atom stereocenters. The fraction of sp³-hybridized carbons (Fsp3) is 0.667. The average molecular weight is 293 g/mol. The zero-order valence-corrected chi connectivity index (χ0v) is 14.0. The van der Waals surface area contributed by atoms with Crippen molar-refractivity contribution in [2.45, 2.75) is 40.7 Å². The van der Waals surface area contributed by atoms with Gasteiger partial charge in [-0.3, -0.25) is 0 Å². The van der Waals surface area contributed by atoms with Crippen LogP contribution in [0.4, 0.5) is 0 Å². The van der Waals surface area contributed by atoms with E-state index < -0.39 is 0 Å². The van der Waals surface area contributed by atoms with Gasteiger partial charge in [0.15, 0.2) is 0 Å². The Morgan fingerprint density at radius 3 is 2.29 bits per heavy atom. The van der Waals surface area contributed by atoms with Crippen molar-refractivity contribution in [1.29, 1.82) is 0 Å². The second-order valence-electron chi connectivity index (χ2n) is 6.32. The molecule has 0 aliphatic carbocycles. The maximum Gasteiger partial charge on any atom is 0.119 e. The van der Waals surface area contributed by atoms with Gasteiger partial charge in [-0.1, -0.05) is 39.8 Å². The number of benzene rings is 1. The normalized spacial score (nSPS) is 11.3. The van der Waals surface area contributed by atoms with Crippen LogP contribution in [-0.4, -0.2) is 26.4 Å². The predicted octanol–water partition coefficient (Wildman–Crippen LogP) is 3.87. The predicted molar refractivity (Wildman–Crippen MR) is 88.8 cm³/mol. The summed E-state index contributed by atoms with van der Waals surface area (Å²) in [6, 6.07) is 8.31. The van der Waals surface area contributed by atoms with Crippen LogP contribution in [0.15, 0.2) is 24.3 Å². The van der Waals surface area contributed by atoms with E-state index in [1.807, 2.05) is 12.1 Å². The fourth-order valence-electron chi connectivity index (χ4n) is 1.76. The lowest BCUT2D eigenvalue weighted by atomic mass is 10.1. The zero-order chi connectivity index (χ0) is 15.5. The molecule has 0 fully saturated rings. The minimum atomic E-state index is 0.557. The summed E-state index contributed by atoms with van der Waals surface area (Å²) in [6.07, 6.45) is 1.14. The third-order valence-corrected chi connectivity index (χ3v) is 3.10. The van der Waals surface area contributed by atoms with Crippen LogP contribution in [0.2, 0.25) is 0 Å². The van der Waals surface area contributed by atoms with Gasteiger partial charge in [-0.25, -0.2) is 0 Å². The Bertz CT molecular complexity index is 360. The first-order valence-electron chi connectivity index (χ1n) is 8.08. The Morgan fingerprint density at radius 1 is 0.952 bits per heavy atom. The standard InChI is InChI=1S/C18H31NO2/c1-15(2)9-11-20-12-10-19-13-17-5-7-18(8-6-17)21-14-16(3)4/h5-8,15-16,19H,9-14H2,1-4H3. The molecule has 0 spiro atoms. The van der Waals surface area contributed by atoms with Crippen molar-refractivity contribution in [3.8, 4) is 5.75 Å². The average Bonchev–Trinajstić information content (AvgIpc) is 2.45. The molecule has 3 heteroatoms. The van der Waals surface area contributed by atoms with E-state index >= 15 is 0 Å². The summed E-state index contributed by atoms with van der Waals surface area (Å²) in [4.78, 5) is 0. The molecule has 0 saturated heterocycles. The molecule has 0 aliphatic heterocycles. The highest BCUT2D eigenvalue weighted by atomic mass is 16.5. The molecular formula is C18H31NO2. The van der Waals surface area contributed by atoms with E-state index in [1.54, 1.807) is 0 Å². The van der Waals surface area contributed by atoms with Crippen molar-refractivity contribution in [1.82, 2.24) is 5.32 Å². The van der Waals surface area contributed by atoms with Crippen molar-refractivity contribution in [3.63, 3.8) is 0 Å². The zero-order valence-electron chi connectivity index (χ0n) is 14.0. The van der Waals surface area contributed by atoms with Gasteiger partial charge in [0.05, 0.1) is 13.2 Å². The van der Waals surface area contributed by atoms with Gasteiger partial charge in [0.1, 0.15) is 5.75 Å². The highest BCUT2D eigenvalue weighted by Gasteiger charge is 1.98. The lowest BCUT2D eigenvalue weighted by molar-refractivity contribution is 0.125. The molecule has 0 saturated carbocycles. The van der Waals surface area contributed by atoms with Crippen molar-refractivity contribution >= 4 is 0 Å². The van der Waals surface area contributed by atoms with Gasteiger partial charge in [-0.05, 0) is 36.0 Å². The first kappa shape index (κ1) is 18.0. The van der Waals surface area contributed by atoms with E-state index in [1.165, 1.54) is 5.56 Å². The van der Waals surface area contributed by atoms with Crippen LogP contribution in [0.25, 0.3) is 0 Å². The molecule has 0 amide bonds. The van der Waals surface area contributed by atoms with E-state index in [9.17, 15) is 0 Å². The van der Waals surface area contributed by atoms with Gasteiger partial charge in [0, 0.05) is 19.7 Å². The van der Waals surface area contributed by atoms with Crippen molar-refractivity contribution in [3.05, 3.63) is 29.8 Å². The van der Waals surface area contributed by atoms with E-state index in [-0.39, 0.29) is 0 Å². The van der Waals surface area contributed by atoms with Crippen LogP contribution in [0.5, 0.6) is 5.75 Å². The van der Waals surface area contributed by atoms with Gasteiger partial charge in [0.2, 0.25) is 0 Å². The second kappa shape index (κ2) is 10.6. The van der Waals surface area contributed by atoms with Gasteiger partial charge in [-0.2, -0.15) is 0 Å². The lowest BCUT2D eigenvalue weighted by Gasteiger charge is -2.10. The van der Waals surface area contributed by atoms with Gasteiger partial charge < -0.3 is 14.8 Å². The molecule has 21 heavy (non-hydrogen) atoms. The largest absolute Gasteiger partial charge is 0.493 e. The monoisotopic (exact) mass is 293 g/mol. The smallest absolute Gasteiger partial charge is 0.119 e. The molecule has 0 heterocycles. The minimum Gasteiger partial charge on any atom is -0.493 e. The summed E-state index contributed by atoms with van der Waals surface area (Å²) < 4.78 is 11.2. The Morgan fingerprint density at radius 2 is 1.67 bits per heavy atom. The topological polar surface area (TPSA) is 30.5 Å². The Balaban J connectivity index is 2.09. The Labute approximate surface area is 130 Å². The maximum absolute atomic E-state index is 5.67. The highest BCUT2D eigenvalue weighted by molar-refractivity contribution is 5.27. The summed E-state index contributed by atoms with van der Waals surface area (Å²) in [7, 11) is 0. The Hall–Kier alpha value is -1.06. The summed E-state index contributed by atoms with van der Waals surface area (Å²) in [5.41, 5.74) is 1.27. The van der Waals surface area contributed by atoms with E-state index in [0.29, 0.717) is 5.92 Å². The number of hydrogen-bond donors (Lipinski definition) is 1. The molecular weight excluding hydrogens is 262 g/mol. The quantitative estimate of drug-likeness (QED) is 0.628. The van der Waals surface area contributed by atoms with Gasteiger partial charge in [-0.15, -0.1) is 0 Å². The molecule has 1 N–H and O–H groups in total. The summed E-state index contributed by atoms with van der Waals surface area (Å²) >= 11 is 0. The maximum atomic E-state index is 5.67. The second-order valence-corrected chi connectivity index (χ2v) is 6.32. The number of hydrogen-bond acceptors (Lipinski definition) is 3. The molecule has 1 rings (SSSR count). The first-order valence-corrected chi connectivity index (χ1v) is 8.08. The summed E-state index contributed by atoms with van der Waals surface area (Å²) in [5.74, 6) is 2.22. The van der Waals surface area contributed by atoms with Crippen LogP contribution in [0, 0.1) is 11.8 Å². The SMILES string of the molecule is CC(C)CCOCCNCc1ccc(OCC(C)C)cc1. The minimum absolute atomic E-state index is 0.557. The molecule has 0 unspecified atom stereocenters. The van der Waals surface area contributed by atoms with Crippen LogP contribution < -0.4 is 10.1 Å². The number of ether oxygens (including phenoxy) is 2. The van der Waals surface area contributed by atoms with Gasteiger partial charge >= 0.3 is 0 Å². The molecule has 0 aliphatic rings. The molecule has 1 aromatic rings. The highest BCUT2D eigenvalue weighted by Crippen LogP contribution is 2.13. The molecule has 0 radical (unpaired) electrons. The summed E-state index contributed by atoms with van der Waals surface area (Å²) in [6.45, 7) is 12.9. The third kappa shape index (κ3) is 9.48. The molecule has 3 nitrogen and oxygen atoms in total. The molecule has 0 aromatic heterocycles. The van der Waals surface area contributed by atoms with Crippen molar-refractivity contribution in [2.75, 3.05) is 26.4 Å².